The number of sulfonamides is 1. The van der Waals surface area contributed by atoms with E-state index in [4.69, 9.17) is 0 Å². The first kappa shape index (κ1) is 17.7. The second kappa shape index (κ2) is 7.13. The summed E-state index contributed by atoms with van der Waals surface area (Å²) in [7, 11) is -3.72. The van der Waals surface area contributed by atoms with Crippen molar-refractivity contribution in [2.24, 2.45) is 0 Å². The Morgan fingerprint density at radius 3 is 2.65 bits per heavy atom. The molecule has 1 aliphatic rings. The largest absolute Gasteiger partial charge is 0.280 e. The number of fused-ring (bicyclic) bond motifs is 1. The van der Waals surface area contributed by atoms with Gasteiger partial charge in [-0.15, -0.1) is 23.5 Å². The third-order valence-corrected chi connectivity index (χ3v) is 8.65. The molecule has 0 unspecified atom stereocenters. The zero-order valence-electron chi connectivity index (χ0n) is 14.2. The van der Waals surface area contributed by atoms with E-state index in [1.807, 2.05) is 54.7 Å². The summed E-state index contributed by atoms with van der Waals surface area (Å²) in [4.78, 5) is 4.54. The van der Waals surface area contributed by atoms with E-state index in [1.54, 1.807) is 24.4 Å². The van der Waals surface area contributed by atoms with Crippen LogP contribution in [0.15, 0.2) is 59.6 Å². The van der Waals surface area contributed by atoms with Gasteiger partial charge in [0.25, 0.3) is 10.0 Å². The average Bonchev–Trinajstić information content (AvgIpc) is 3.15. The summed E-state index contributed by atoms with van der Waals surface area (Å²) in [5.41, 5.74) is 3.21. The van der Waals surface area contributed by atoms with Crippen molar-refractivity contribution in [2.45, 2.75) is 16.4 Å². The van der Waals surface area contributed by atoms with Crippen LogP contribution in [0.1, 0.15) is 15.7 Å². The molecule has 1 aromatic heterocycles. The fourth-order valence-corrected chi connectivity index (χ4v) is 7.04. The summed E-state index contributed by atoms with van der Waals surface area (Å²) in [6.07, 6.45) is 1.69. The zero-order chi connectivity index (χ0) is 18.1. The molecule has 2 heterocycles. The number of benzene rings is 2. The van der Waals surface area contributed by atoms with Crippen LogP contribution < -0.4 is 4.72 Å². The molecule has 3 aromatic rings. The molecule has 0 saturated carbocycles. The van der Waals surface area contributed by atoms with Crippen molar-refractivity contribution in [3.05, 3.63) is 65.9 Å². The third-order valence-electron chi connectivity index (χ3n) is 4.13. The molecule has 0 radical (unpaired) electrons. The van der Waals surface area contributed by atoms with Gasteiger partial charge in [-0.25, -0.2) is 8.42 Å². The topological polar surface area (TPSA) is 59.1 Å². The highest BCUT2D eigenvalue weighted by atomic mass is 32.2. The first-order valence-electron chi connectivity index (χ1n) is 8.24. The van der Waals surface area contributed by atoms with E-state index in [0.717, 1.165) is 28.0 Å². The maximum atomic E-state index is 13.0. The maximum Gasteiger partial charge on any atom is 0.264 e. The van der Waals surface area contributed by atoms with Crippen LogP contribution in [0.3, 0.4) is 0 Å². The Morgan fingerprint density at radius 2 is 1.85 bits per heavy atom. The van der Waals surface area contributed by atoms with Crippen molar-refractivity contribution in [3.8, 4) is 0 Å². The Bertz CT molecular complexity index is 1060. The fourth-order valence-electron chi connectivity index (χ4n) is 2.97. The smallest absolute Gasteiger partial charge is 0.264 e. The number of hydrogen-bond acceptors (Lipinski definition) is 5. The molecule has 1 fully saturated rings. The normalized spacial score (nSPS) is 15.4. The van der Waals surface area contributed by atoms with Gasteiger partial charge in [0.15, 0.2) is 0 Å². The number of aromatic nitrogens is 1. The number of aryl methyl sites for hydroxylation is 1. The lowest BCUT2D eigenvalue weighted by molar-refractivity contribution is 0.602. The van der Waals surface area contributed by atoms with Gasteiger partial charge in [-0.2, -0.15) is 0 Å². The summed E-state index contributed by atoms with van der Waals surface area (Å²) >= 11 is 3.79. The highest BCUT2D eigenvalue weighted by molar-refractivity contribution is 8.19. The lowest BCUT2D eigenvalue weighted by Crippen LogP contribution is -2.14. The minimum Gasteiger partial charge on any atom is -0.280 e. The lowest BCUT2D eigenvalue weighted by atomic mass is 10.2. The molecule has 1 saturated heterocycles. The molecule has 0 atom stereocenters. The minimum absolute atomic E-state index is 0.199. The highest BCUT2D eigenvalue weighted by Crippen LogP contribution is 2.45. The van der Waals surface area contributed by atoms with Crippen LogP contribution in [0.5, 0.6) is 0 Å². The fraction of sp³-hybridized carbons (Fsp3) is 0.211. The molecule has 1 N–H and O–H groups in total. The molecule has 0 spiro atoms. The van der Waals surface area contributed by atoms with Gasteiger partial charge in [0, 0.05) is 28.8 Å². The molecule has 134 valence electrons. The predicted molar refractivity (Wildman–Crippen MR) is 111 cm³/mol. The average molecular weight is 403 g/mol. The number of para-hydroxylation sites is 1. The van der Waals surface area contributed by atoms with Crippen LogP contribution in [-0.2, 0) is 10.0 Å². The van der Waals surface area contributed by atoms with Crippen molar-refractivity contribution in [1.29, 1.82) is 0 Å². The number of hydrogen-bond donors (Lipinski definition) is 1. The number of nitrogens with zero attached hydrogens (tertiary/aromatic N) is 1. The van der Waals surface area contributed by atoms with Gasteiger partial charge in [0.05, 0.1) is 10.1 Å². The molecule has 7 heteroatoms. The summed E-state index contributed by atoms with van der Waals surface area (Å²) in [6, 6.07) is 14.8. The van der Waals surface area contributed by atoms with Crippen LogP contribution in [0.2, 0.25) is 0 Å². The monoisotopic (exact) mass is 402 g/mol. The van der Waals surface area contributed by atoms with Gasteiger partial charge in [-0.05, 0) is 42.3 Å². The van der Waals surface area contributed by atoms with E-state index < -0.39 is 10.0 Å². The second-order valence-electron chi connectivity index (χ2n) is 6.15. The first-order chi connectivity index (χ1) is 12.5. The van der Waals surface area contributed by atoms with E-state index >= 15 is 0 Å². The van der Waals surface area contributed by atoms with Gasteiger partial charge in [0.2, 0.25) is 0 Å². The van der Waals surface area contributed by atoms with Gasteiger partial charge in [-0.3, -0.25) is 9.71 Å². The predicted octanol–water partition coefficient (Wildman–Crippen LogP) is 4.82. The summed E-state index contributed by atoms with van der Waals surface area (Å²) < 4.78 is 29.0. The molecule has 1 aliphatic heterocycles. The van der Waals surface area contributed by atoms with Gasteiger partial charge in [0.1, 0.15) is 4.90 Å². The van der Waals surface area contributed by atoms with E-state index in [2.05, 4.69) is 15.8 Å². The van der Waals surface area contributed by atoms with E-state index in [1.165, 1.54) is 0 Å². The van der Waals surface area contributed by atoms with Crippen molar-refractivity contribution >= 4 is 50.1 Å². The van der Waals surface area contributed by atoms with Crippen molar-refractivity contribution in [1.82, 2.24) is 4.98 Å². The van der Waals surface area contributed by atoms with Gasteiger partial charge in [-0.1, -0.05) is 24.3 Å². The van der Waals surface area contributed by atoms with Crippen LogP contribution in [0, 0.1) is 6.92 Å². The molecule has 2 aromatic carbocycles. The third kappa shape index (κ3) is 3.56. The number of anilines is 1. The Balaban J connectivity index is 1.69. The molecule has 0 bridgehead atoms. The molecule has 4 rings (SSSR count). The van der Waals surface area contributed by atoms with Crippen molar-refractivity contribution in [2.75, 3.05) is 16.2 Å². The molecular formula is C19H18N2O2S3. The quantitative estimate of drug-likeness (QED) is 0.678. The van der Waals surface area contributed by atoms with Crippen molar-refractivity contribution < 1.29 is 8.42 Å². The molecular weight excluding hydrogens is 384 g/mol. The van der Waals surface area contributed by atoms with Crippen LogP contribution in [0.4, 0.5) is 5.69 Å². The zero-order valence-corrected chi connectivity index (χ0v) is 16.6. The van der Waals surface area contributed by atoms with E-state index in [0.29, 0.717) is 15.8 Å². The van der Waals surface area contributed by atoms with Crippen molar-refractivity contribution in [3.63, 3.8) is 0 Å². The maximum absolute atomic E-state index is 13.0. The number of thioether (sulfide) groups is 2. The number of pyridine rings is 1. The highest BCUT2D eigenvalue weighted by Gasteiger charge is 2.21. The molecule has 4 nitrogen and oxygen atoms in total. The van der Waals surface area contributed by atoms with Gasteiger partial charge < -0.3 is 0 Å². The summed E-state index contributed by atoms with van der Waals surface area (Å²) in [6.45, 7) is 1.94. The molecule has 26 heavy (non-hydrogen) atoms. The molecule has 0 aliphatic carbocycles. The Hall–Kier alpha value is -1.70. The van der Waals surface area contributed by atoms with Crippen LogP contribution in [0.25, 0.3) is 10.9 Å². The van der Waals surface area contributed by atoms with E-state index in [-0.39, 0.29) is 4.90 Å². The standard InChI is InChI=1S/C19H18N2O2S3/c1-13-10-14-4-3-7-17(18(14)20-12-13)26(22,23)21-16-6-2-5-15(11-16)19-24-8-9-25-19/h2-7,10-12,19,21H,8-9H2,1H3. The Labute approximate surface area is 161 Å². The summed E-state index contributed by atoms with van der Waals surface area (Å²) in [5, 5.41) is 0.820. The minimum atomic E-state index is -3.72. The Kier molecular flexibility index (Phi) is 4.86. The second-order valence-corrected chi connectivity index (χ2v) is 10.5. The van der Waals surface area contributed by atoms with Gasteiger partial charge >= 0.3 is 0 Å². The lowest BCUT2D eigenvalue weighted by Gasteiger charge is -2.13. The SMILES string of the molecule is Cc1cnc2c(S(=O)(=O)Nc3cccc(C4SCCS4)c3)cccc2c1. The summed E-state index contributed by atoms with van der Waals surface area (Å²) in [5.74, 6) is 2.26. The van der Waals surface area contributed by atoms with Crippen LogP contribution >= 0.6 is 23.5 Å². The number of nitrogens with one attached hydrogen (secondary N) is 1. The van der Waals surface area contributed by atoms with E-state index in [9.17, 15) is 8.42 Å². The first-order valence-corrected chi connectivity index (χ1v) is 11.8. The van der Waals surface area contributed by atoms with Crippen LogP contribution in [-0.4, -0.2) is 24.9 Å². The Morgan fingerprint density at radius 1 is 1.08 bits per heavy atom. The molecule has 0 amide bonds. The number of rotatable bonds is 4.